The van der Waals surface area contributed by atoms with Crippen LogP contribution < -0.4 is 4.74 Å². The Balaban J connectivity index is 2.37. The SMILES string of the molecule is COCCOc1[c]cc(Br)cc1. The summed E-state index contributed by atoms with van der Waals surface area (Å²) < 4.78 is 11.1. The summed E-state index contributed by atoms with van der Waals surface area (Å²) >= 11 is 3.32. The molecule has 0 saturated heterocycles. The summed E-state index contributed by atoms with van der Waals surface area (Å²) in [6.07, 6.45) is 0. The predicted octanol–water partition coefficient (Wildman–Crippen LogP) is 2.27. The summed E-state index contributed by atoms with van der Waals surface area (Å²) in [4.78, 5) is 0. The number of ether oxygens (including phenoxy) is 2. The van der Waals surface area contributed by atoms with Crippen LogP contribution in [0.2, 0.25) is 0 Å². The van der Waals surface area contributed by atoms with Crippen LogP contribution in [0.5, 0.6) is 5.75 Å². The third-order valence-electron chi connectivity index (χ3n) is 1.29. The Kier molecular flexibility index (Phi) is 4.11. The Morgan fingerprint density at radius 1 is 1.42 bits per heavy atom. The summed E-state index contributed by atoms with van der Waals surface area (Å²) in [7, 11) is 1.65. The van der Waals surface area contributed by atoms with E-state index in [2.05, 4.69) is 22.0 Å². The maximum Gasteiger partial charge on any atom is 0.127 e. The first-order chi connectivity index (χ1) is 5.83. The summed E-state index contributed by atoms with van der Waals surface area (Å²) in [5.41, 5.74) is 0. The summed E-state index contributed by atoms with van der Waals surface area (Å²) in [5.74, 6) is 0.746. The molecule has 0 N–H and O–H groups in total. The van der Waals surface area contributed by atoms with Crippen LogP contribution in [0.25, 0.3) is 0 Å². The molecule has 0 aliphatic carbocycles. The Labute approximate surface area is 80.6 Å². The molecule has 12 heavy (non-hydrogen) atoms. The number of rotatable bonds is 4. The fourth-order valence-corrected chi connectivity index (χ4v) is 0.963. The third kappa shape index (κ3) is 3.24. The van der Waals surface area contributed by atoms with Crippen LogP contribution in [-0.4, -0.2) is 20.3 Å². The van der Waals surface area contributed by atoms with Gasteiger partial charge in [-0.25, -0.2) is 0 Å². The Morgan fingerprint density at radius 3 is 2.83 bits per heavy atom. The molecule has 0 bridgehead atoms. The molecule has 0 saturated carbocycles. The van der Waals surface area contributed by atoms with Gasteiger partial charge in [0, 0.05) is 17.6 Å². The van der Waals surface area contributed by atoms with Gasteiger partial charge in [0.1, 0.15) is 12.4 Å². The molecule has 1 rings (SSSR count). The van der Waals surface area contributed by atoms with Crippen LogP contribution in [0.3, 0.4) is 0 Å². The fraction of sp³-hybridized carbons (Fsp3) is 0.333. The van der Waals surface area contributed by atoms with E-state index in [1.807, 2.05) is 18.2 Å². The summed E-state index contributed by atoms with van der Waals surface area (Å²) in [6.45, 7) is 1.17. The molecule has 65 valence electrons. The molecule has 0 spiro atoms. The number of methoxy groups -OCH3 is 1. The largest absolute Gasteiger partial charge is 0.491 e. The topological polar surface area (TPSA) is 18.5 Å². The third-order valence-corrected chi connectivity index (χ3v) is 1.78. The molecule has 0 amide bonds. The lowest BCUT2D eigenvalue weighted by atomic mass is 10.3. The van der Waals surface area contributed by atoms with Crippen LogP contribution in [0.15, 0.2) is 22.7 Å². The van der Waals surface area contributed by atoms with Crippen molar-refractivity contribution in [2.24, 2.45) is 0 Å². The fourth-order valence-electron chi connectivity index (χ4n) is 0.716. The van der Waals surface area contributed by atoms with E-state index in [0.29, 0.717) is 13.2 Å². The molecule has 0 aromatic heterocycles. The van der Waals surface area contributed by atoms with Crippen LogP contribution in [0.4, 0.5) is 0 Å². The van der Waals surface area contributed by atoms with Gasteiger partial charge < -0.3 is 9.47 Å². The van der Waals surface area contributed by atoms with Crippen molar-refractivity contribution < 1.29 is 9.47 Å². The van der Waals surface area contributed by atoms with Gasteiger partial charge in [-0.1, -0.05) is 15.9 Å². The van der Waals surface area contributed by atoms with E-state index in [0.717, 1.165) is 10.2 Å². The monoisotopic (exact) mass is 229 g/mol. The van der Waals surface area contributed by atoms with Crippen molar-refractivity contribution in [2.45, 2.75) is 0 Å². The van der Waals surface area contributed by atoms with E-state index in [1.165, 1.54) is 0 Å². The van der Waals surface area contributed by atoms with E-state index < -0.39 is 0 Å². The number of halogens is 1. The van der Waals surface area contributed by atoms with Crippen molar-refractivity contribution >= 4 is 15.9 Å². The molecule has 0 fully saturated rings. The molecule has 3 heteroatoms. The minimum atomic E-state index is 0.564. The van der Waals surface area contributed by atoms with Gasteiger partial charge in [0.15, 0.2) is 0 Å². The highest BCUT2D eigenvalue weighted by atomic mass is 79.9. The highest BCUT2D eigenvalue weighted by Gasteiger charge is 1.92. The first-order valence-corrected chi connectivity index (χ1v) is 4.41. The molecule has 0 heterocycles. The predicted molar refractivity (Wildman–Crippen MR) is 50.3 cm³/mol. The quantitative estimate of drug-likeness (QED) is 0.738. The minimum Gasteiger partial charge on any atom is -0.491 e. The Bertz CT molecular complexity index is 220. The molecule has 0 unspecified atom stereocenters. The van der Waals surface area contributed by atoms with E-state index in [4.69, 9.17) is 9.47 Å². The Morgan fingerprint density at radius 2 is 2.25 bits per heavy atom. The molecule has 1 aromatic carbocycles. The van der Waals surface area contributed by atoms with Crippen molar-refractivity contribution in [3.63, 3.8) is 0 Å². The molecule has 2 nitrogen and oxygen atoms in total. The van der Waals surface area contributed by atoms with E-state index in [9.17, 15) is 0 Å². The van der Waals surface area contributed by atoms with Crippen molar-refractivity contribution in [1.29, 1.82) is 0 Å². The second kappa shape index (κ2) is 5.17. The average Bonchev–Trinajstić information content (AvgIpc) is 2.09. The summed E-state index contributed by atoms with van der Waals surface area (Å²) in [5, 5.41) is 0. The molecule has 0 atom stereocenters. The van der Waals surface area contributed by atoms with Gasteiger partial charge in [-0.3, -0.25) is 0 Å². The molecule has 0 aliphatic heterocycles. The molecular formula is C9H10BrO2. The van der Waals surface area contributed by atoms with Crippen LogP contribution in [0.1, 0.15) is 0 Å². The highest BCUT2D eigenvalue weighted by molar-refractivity contribution is 9.10. The van der Waals surface area contributed by atoms with Crippen LogP contribution in [0, 0.1) is 6.07 Å². The maximum absolute atomic E-state index is 5.30. The molecule has 1 aromatic rings. The lowest BCUT2D eigenvalue weighted by molar-refractivity contribution is 0.146. The number of benzene rings is 1. The maximum atomic E-state index is 5.30. The zero-order valence-corrected chi connectivity index (χ0v) is 8.43. The lowest BCUT2D eigenvalue weighted by Crippen LogP contribution is -2.03. The van der Waals surface area contributed by atoms with Crippen molar-refractivity contribution in [3.8, 4) is 5.75 Å². The van der Waals surface area contributed by atoms with E-state index in [-0.39, 0.29) is 0 Å². The van der Waals surface area contributed by atoms with E-state index >= 15 is 0 Å². The normalized spacial score (nSPS) is 9.83. The van der Waals surface area contributed by atoms with Gasteiger partial charge in [0.25, 0.3) is 0 Å². The van der Waals surface area contributed by atoms with Crippen LogP contribution >= 0.6 is 15.9 Å². The van der Waals surface area contributed by atoms with Gasteiger partial charge in [0.2, 0.25) is 0 Å². The molecule has 0 aliphatic rings. The first kappa shape index (κ1) is 9.55. The van der Waals surface area contributed by atoms with Crippen molar-refractivity contribution in [1.82, 2.24) is 0 Å². The van der Waals surface area contributed by atoms with Crippen LogP contribution in [-0.2, 0) is 4.74 Å². The molecular weight excluding hydrogens is 220 g/mol. The standard InChI is InChI=1S/C9H10BrO2/c1-11-6-7-12-9-4-2-8(10)3-5-9/h2-4H,6-7H2,1H3. The molecule has 1 radical (unpaired) electrons. The average molecular weight is 230 g/mol. The van der Waals surface area contributed by atoms with Crippen molar-refractivity contribution in [2.75, 3.05) is 20.3 Å². The lowest BCUT2D eigenvalue weighted by Gasteiger charge is -2.03. The van der Waals surface area contributed by atoms with Gasteiger partial charge in [-0.05, 0) is 18.2 Å². The smallest absolute Gasteiger partial charge is 0.127 e. The minimum absolute atomic E-state index is 0.564. The second-order valence-corrected chi connectivity index (χ2v) is 3.13. The van der Waals surface area contributed by atoms with Gasteiger partial charge >= 0.3 is 0 Å². The zero-order valence-electron chi connectivity index (χ0n) is 6.84. The number of hydrogen-bond donors (Lipinski definition) is 0. The van der Waals surface area contributed by atoms with Gasteiger partial charge in [-0.2, -0.15) is 0 Å². The number of hydrogen-bond acceptors (Lipinski definition) is 2. The highest BCUT2D eigenvalue weighted by Crippen LogP contribution is 2.14. The van der Waals surface area contributed by atoms with Crippen molar-refractivity contribution in [3.05, 3.63) is 28.7 Å². The second-order valence-electron chi connectivity index (χ2n) is 2.21. The zero-order chi connectivity index (χ0) is 8.81. The van der Waals surface area contributed by atoms with E-state index in [1.54, 1.807) is 7.11 Å². The van der Waals surface area contributed by atoms with Gasteiger partial charge in [0.05, 0.1) is 6.61 Å². The summed E-state index contributed by atoms with van der Waals surface area (Å²) in [6, 6.07) is 8.57. The first-order valence-electron chi connectivity index (χ1n) is 3.62. The Hall–Kier alpha value is -0.540. The van der Waals surface area contributed by atoms with Gasteiger partial charge in [-0.15, -0.1) is 0 Å².